The Balaban J connectivity index is 1.83. The molecule has 1 aliphatic heterocycles. The van der Waals surface area contributed by atoms with Crippen molar-refractivity contribution in [1.29, 1.82) is 0 Å². The van der Waals surface area contributed by atoms with Crippen molar-refractivity contribution in [2.75, 3.05) is 18.9 Å². The van der Waals surface area contributed by atoms with E-state index in [4.69, 9.17) is 0 Å². The average Bonchev–Trinajstić information content (AvgIpc) is 2.99. The first kappa shape index (κ1) is 12.7. The topological polar surface area (TPSA) is 73.9 Å². The van der Waals surface area contributed by atoms with Gasteiger partial charge in [0.15, 0.2) is 0 Å². The minimum Gasteiger partial charge on any atom is -0.385 e. The predicted octanol–water partition coefficient (Wildman–Crippen LogP) is 1.43. The number of fused-ring (bicyclic) bond motifs is 1. The summed E-state index contributed by atoms with van der Waals surface area (Å²) in [6.07, 6.45) is 3.45. The molecule has 2 aromatic rings. The van der Waals surface area contributed by atoms with Crippen LogP contribution in [0.1, 0.15) is 28.2 Å². The zero-order valence-corrected chi connectivity index (χ0v) is 11.4. The molecule has 0 atom stereocenters. The number of hydrogen-bond donors (Lipinski definition) is 2. The number of nitrogens with one attached hydrogen (secondary N) is 2. The summed E-state index contributed by atoms with van der Waals surface area (Å²) in [5.74, 6) is 0.700. The van der Waals surface area contributed by atoms with Gasteiger partial charge in [0.1, 0.15) is 12.2 Å². The molecule has 0 radical (unpaired) electrons. The highest BCUT2D eigenvalue weighted by molar-refractivity contribution is 5.97. The zero-order chi connectivity index (χ0) is 13.9. The van der Waals surface area contributed by atoms with Gasteiger partial charge in [-0.2, -0.15) is 5.10 Å². The average molecular weight is 271 g/mol. The number of anilines is 1. The Labute approximate surface area is 117 Å². The standard InChI is InChI=1S/C14H17N5O/c1-19(8-13-16-9-17-18-13)14(20)11-4-2-6-12-10(11)5-3-7-15-12/h2,4,6,9,15H,3,5,7-8H2,1H3,(H,16,17,18). The van der Waals surface area contributed by atoms with Crippen molar-refractivity contribution in [3.8, 4) is 0 Å². The van der Waals surface area contributed by atoms with Gasteiger partial charge in [-0.05, 0) is 30.5 Å². The van der Waals surface area contributed by atoms with Gasteiger partial charge in [-0.25, -0.2) is 4.98 Å². The summed E-state index contributed by atoms with van der Waals surface area (Å²) < 4.78 is 0. The molecule has 2 N–H and O–H groups in total. The van der Waals surface area contributed by atoms with Crippen LogP contribution in [-0.4, -0.2) is 39.6 Å². The maximum atomic E-state index is 12.6. The Bertz CT molecular complexity index is 608. The van der Waals surface area contributed by atoms with E-state index in [1.807, 2.05) is 18.2 Å². The van der Waals surface area contributed by atoms with E-state index in [-0.39, 0.29) is 5.91 Å². The molecule has 3 rings (SSSR count). The van der Waals surface area contributed by atoms with Gasteiger partial charge in [0.2, 0.25) is 0 Å². The number of benzene rings is 1. The normalized spacial score (nSPS) is 13.4. The van der Waals surface area contributed by atoms with Crippen LogP contribution in [0.2, 0.25) is 0 Å². The van der Waals surface area contributed by atoms with E-state index in [1.165, 1.54) is 6.33 Å². The highest BCUT2D eigenvalue weighted by atomic mass is 16.2. The molecular formula is C14H17N5O. The summed E-state index contributed by atoms with van der Waals surface area (Å²) in [6.45, 7) is 1.40. The quantitative estimate of drug-likeness (QED) is 0.885. The van der Waals surface area contributed by atoms with E-state index in [0.29, 0.717) is 12.4 Å². The number of nitrogens with zero attached hydrogens (tertiary/aromatic N) is 3. The smallest absolute Gasteiger partial charge is 0.254 e. The fourth-order valence-electron chi connectivity index (χ4n) is 2.52. The van der Waals surface area contributed by atoms with E-state index >= 15 is 0 Å². The van der Waals surface area contributed by atoms with Gasteiger partial charge in [0, 0.05) is 24.8 Å². The molecule has 0 aliphatic carbocycles. The molecule has 1 aliphatic rings. The largest absolute Gasteiger partial charge is 0.385 e. The van der Waals surface area contributed by atoms with Crippen molar-refractivity contribution >= 4 is 11.6 Å². The summed E-state index contributed by atoms with van der Waals surface area (Å²) in [5, 5.41) is 9.91. The third kappa shape index (κ3) is 2.36. The number of aromatic amines is 1. The molecule has 0 saturated carbocycles. The van der Waals surface area contributed by atoms with E-state index in [2.05, 4.69) is 20.5 Å². The van der Waals surface area contributed by atoms with Crippen LogP contribution < -0.4 is 5.32 Å². The molecule has 1 amide bonds. The summed E-state index contributed by atoms with van der Waals surface area (Å²) >= 11 is 0. The first-order valence-electron chi connectivity index (χ1n) is 6.71. The van der Waals surface area contributed by atoms with Crippen LogP contribution in [0.4, 0.5) is 5.69 Å². The summed E-state index contributed by atoms with van der Waals surface area (Å²) in [5.41, 5.74) is 2.97. The third-order valence-electron chi connectivity index (χ3n) is 3.52. The first-order chi connectivity index (χ1) is 9.75. The lowest BCUT2D eigenvalue weighted by Gasteiger charge is -2.23. The summed E-state index contributed by atoms with van der Waals surface area (Å²) in [6, 6.07) is 5.85. The molecular weight excluding hydrogens is 254 g/mol. The second kappa shape index (κ2) is 5.32. The maximum Gasteiger partial charge on any atom is 0.254 e. The SMILES string of the molecule is CN(Cc1ncn[nH]1)C(=O)c1cccc2c1CCCN2. The molecule has 6 heteroatoms. The van der Waals surface area contributed by atoms with Crippen molar-refractivity contribution in [2.45, 2.75) is 19.4 Å². The van der Waals surface area contributed by atoms with Crippen LogP contribution in [0.5, 0.6) is 0 Å². The van der Waals surface area contributed by atoms with Crippen LogP contribution in [0, 0.1) is 0 Å². The van der Waals surface area contributed by atoms with Gasteiger partial charge in [-0.15, -0.1) is 0 Å². The fourth-order valence-corrected chi connectivity index (χ4v) is 2.52. The predicted molar refractivity (Wildman–Crippen MR) is 75.4 cm³/mol. The van der Waals surface area contributed by atoms with Crippen molar-refractivity contribution in [3.63, 3.8) is 0 Å². The number of hydrogen-bond acceptors (Lipinski definition) is 4. The lowest BCUT2D eigenvalue weighted by Crippen LogP contribution is -2.28. The summed E-state index contributed by atoms with van der Waals surface area (Å²) in [4.78, 5) is 18.3. The lowest BCUT2D eigenvalue weighted by atomic mass is 9.97. The molecule has 104 valence electrons. The van der Waals surface area contributed by atoms with Crippen LogP contribution in [0.3, 0.4) is 0 Å². The molecule has 0 fully saturated rings. The molecule has 1 aromatic carbocycles. The molecule has 0 saturated heterocycles. The number of H-pyrrole nitrogens is 1. The van der Waals surface area contributed by atoms with Gasteiger partial charge in [-0.3, -0.25) is 9.89 Å². The maximum absolute atomic E-state index is 12.6. The molecule has 6 nitrogen and oxygen atoms in total. The van der Waals surface area contributed by atoms with Gasteiger partial charge in [0.05, 0.1) is 6.54 Å². The Kier molecular flexibility index (Phi) is 3.37. The molecule has 1 aromatic heterocycles. The number of carbonyl (C=O) groups excluding carboxylic acids is 1. The monoisotopic (exact) mass is 271 g/mol. The molecule has 20 heavy (non-hydrogen) atoms. The van der Waals surface area contributed by atoms with E-state index in [0.717, 1.165) is 36.2 Å². The van der Waals surface area contributed by atoms with Gasteiger partial charge < -0.3 is 10.2 Å². The van der Waals surface area contributed by atoms with Crippen molar-refractivity contribution in [1.82, 2.24) is 20.1 Å². The van der Waals surface area contributed by atoms with E-state index in [9.17, 15) is 4.79 Å². The second-order valence-corrected chi connectivity index (χ2v) is 4.96. The van der Waals surface area contributed by atoms with Gasteiger partial charge in [0.25, 0.3) is 5.91 Å². The minimum atomic E-state index is 0.0157. The lowest BCUT2D eigenvalue weighted by molar-refractivity contribution is 0.0780. The molecule has 0 unspecified atom stereocenters. The minimum absolute atomic E-state index is 0.0157. The van der Waals surface area contributed by atoms with Crippen LogP contribution in [0.25, 0.3) is 0 Å². The fraction of sp³-hybridized carbons (Fsp3) is 0.357. The molecule has 0 spiro atoms. The third-order valence-corrected chi connectivity index (χ3v) is 3.52. The van der Waals surface area contributed by atoms with Crippen molar-refractivity contribution < 1.29 is 4.79 Å². The van der Waals surface area contributed by atoms with E-state index in [1.54, 1.807) is 11.9 Å². The Hall–Kier alpha value is -2.37. The number of aromatic nitrogens is 3. The number of carbonyl (C=O) groups is 1. The number of amides is 1. The van der Waals surface area contributed by atoms with Crippen LogP contribution in [-0.2, 0) is 13.0 Å². The summed E-state index contributed by atoms with van der Waals surface area (Å²) in [7, 11) is 1.78. The molecule has 0 bridgehead atoms. The first-order valence-corrected chi connectivity index (χ1v) is 6.71. The van der Waals surface area contributed by atoms with Gasteiger partial charge >= 0.3 is 0 Å². The van der Waals surface area contributed by atoms with Crippen LogP contribution in [0.15, 0.2) is 24.5 Å². The Morgan fingerprint density at radius 3 is 3.15 bits per heavy atom. The number of rotatable bonds is 3. The molecule has 2 heterocycles. The van der Waals surface area contributed by atoms with Crippen molar-refractivity contribution in [2.24, 2.45) is 0 Å². The van der Waals surface area contributed by atoms with Gasteiger partial charge in [-0.1, -0.05) is 6.07 Å². The van der Waals surface area contributed by atoms with E-state index < -0.39 is 0 Å². The Morgan fingerprint density at radius 1 is 1.45 bits per heavy atom. The van der Waals surface area contributed by atoms with Crippen molar-refractivity contribution in [3.05, 3.63) is 41.5 Å². The van der Waals surface area contributed by atoms with Crippen LogP contribution >= 0.6 is 0 Å². The second-order valence-electron chi connectivity index (χ2n) is 4.96. The highest BCUT2D eigenvalue weighted by Crippen LogP contribution is 2.26. The Morgan fingerprint density at radius 2 is 2.35 bits per heavy atom. The zero-order valence-electron chi connectivity index (χ0n) is 11.4. The highest BCUT2D eigenvalue weighted by Gasteiger charge is 2.20.